The lowest BCUT2D eigenvalue weighted by molar-refractivity contribution is 0.447. The number of nitrogens with one attached hydrogen (secondary N) is 1. The number of nitrogen functional groups attached to an aromatic ring is 1. The van der Waals surface area contributed by atoms with Crippen LogP contribution in [0.15, 0.2) is 12.3 Å². The summed E-state index contributed by atoms with van der Waals surface area (Å²) in [6.07, 6.45) is 2.01. The topological polar surface area (TPSA) is 84.9 Å². The molecule has 112 valence electrons. The molecule has 1 aliphatic heterocycles. The average Bonchev–Trinajstić information content (AvgIpc) is 2.78. The normalized spacial score (nSPS) is 15.3. The van der Waals surface area contributed by atoms with E-state index in [-0.39, 0.29) is 0 Å². The number of aryl methyl sites for hydroxylation is 2. The predicted molar refractivity (Wildman–Crippen MR) is 83.1 cm³/mol. The van der Waals surface area contributed by atoms with Gasteiger partial charge in [-0.15, -0.1) is 0 Å². The summed E-state index contributed by atoms with van der Waals surface area (Å²) in [7, 11) is 1.98. The van der Waals surface area contributed by atoms with E-state index < -0.39 is 0 Å². The fraction of sp³-hybridized carbons (Fsp3) is 0.500. The van der Waals surface area contributed by atoms with Gasteiger partial charge in [-0.25, -0.2) is 4.98 Å². The van der Waals surface area contributed by atoms with Crippen molar-refractivity contribution in [1.29, 1.82) is 0 Å². The zero-order valence-corrected chi connectivity index (χ0v) is 12.7. The minimum atomic E-state index is 0.305. The molecule has 7 heteroatoms. The standard InChI is InChI=1S/C14H21N7/c1-4-21-8-11(9(2)19-21)12-5-13(18-14(15)17-12)20-6-10(7-20)16-3/h5,8,10,16H,4,6-7H2,1-3H3,(H2,15,17,18). The van der Waals surface area contributed by atoms with Crippen LogP contribution in [0.1, 0.15) is 12.6 Å². The number of nitrogens with zero attached hydrogens (tertiary/aromatic N) is 5. The minimum absolute atomic E-state index is 0.305. The Morgan fingerprint density at radius 2 is 2.14 bits per heavy atom. The van der Waals surface area contributed by atoms with Gasteiger partial charge in [0.2, 0.25) is 5.95 Å². The highest BCUT2D eigenvalue weighted by molar-refractivity contribution is 5.66. The Kier molecular flexibility index (Phi) is 3.50. The van der Waals surface area contributed by atoms with Gasteiger partial charge in [0.05, 0.1) is 11.4 Å². The van der Waals surface area contributed by atoms with E-state index >= 15 is 0 Å². The summed E-state index contributed by atoms with van der Waals surface area (Å²) in [6, 6.07) is 2.51. The maximum absolute atomic E-state index is 5.88. The van der Waals surface area contributed by atoms with Crippen molar-refractivity contribution in [3.63, 3.8) is 0 Å². The fourth-order valence-corrected chi connectivity index (χ4v) is 2.53. The van der Waals surface area contributed by atoms with Gasteiger partial charge in [0.1, 0.15) is 5.82 Å². The van der Waals surface area contributed by atoms with Crippen LogP contribution >= 0.6 is 0 Å². The molecule has 0 spiro atoms. The Morgan fingerprint density at radius 1 is 1.38 bits per heavy atom. The monoisotopic (exact) mass is 287 g/mol. The number of rotatable bonds is 4. The Balaban J connectivity index is 1.92. The highest BCUT2D eigenvalue weighted by Gasteiger charge is 2.27. The van der Waals surface area contributed by atoms with Crippen molar-refractivity contribution < 1.29 is 0 Å². The van der Waals surface area contributed by atoms with E-state index in [0.717, 1.165) is 42.4 Å². The van der Waals surface area contributed by atoms with Crippen molar-refractivity contribution in [3.05, 3.63) is 18.0 Å². The first-order chi connectivity index (χ1) is 10.1. The lowest BCUT2D eigenvalue weighted by atomic mass is 10.1. The largest absolute Gasteiger partial charge is 0.368 e. The smallest absolute Gasteiger partial charge is 0.222 e. The zero-order chi connectivity index (χ0) is 15.0. The molecule has 2 aromatic heterocycles. The third kappa shape index (κ3) is 2.56. The Morgan fingerprint density at radius 3 is 2.76 bits per heavy atom. The van der Waals surface area contributed by atoms with E-state index in [9.17, 15) is 0 Å². The van der Waals surface area contributed by atoms with Crippen molar-refractivity contribution in [2.45, 2.75) is 26.4 Å². The fourth-order valence-electron chi connectivity index (χ4n) is 2.53. The average molecular weight is 287 g/mol. The molecule has 21 heavy (non-hydrogen) atoms. The highest BCUT2D eigenvalue weighted by Crippen LogP contribution is 2.27. The van der Waals surface area contributed by atoms with Gasteiger partial charge < -0.3 is 16.0 Å². The third-order valence-electron chi connectivity index (χ3n) is 3.89. The number of aromatic nitrogens is 4. The predicted octanol–water partition coefficient (Wildman–Crippen LogP) is 0.659. The van der Waals surface area contributed by atoms with Gasteiger partial charge in [0, 0.05) is 43.5 Å². The minimum Gasteiger partial charge on any atom is -0.368 e. The van der Waals surface area contributed by atoms with Crippen molar-refractivity contribution in [1.82, 2.24) is 25.1 Å². The molecule has 0 atom stereocenters. The van der Waals surface area contributed by atoms with Crippen molar-refractivity contribution in [3.8, 4) is 11.3 Å². The van der Waals surface area contributed by atoms with E-state index in [1.54, 1.807) is 0 Å². The Labute approximate surface area is 124 Å². The van der Waals surface area contributed by atoms with Crippen LogP contribution in [0.2, 0.25) is 0 Å². The molecule has 0 aromatic carbocycles. The molecule has 1 fully saturated rings. The number of likely N-dealkylation sites (N-methyl/N-ethyl adjacent to an activating group) is 1. The van der Waals surface area contributed by atoms with Crippen molar-refractivity contribution >= 4 is 11.8 Å². The Hall–Kier alpha value is -2.15. The summed E-state index contributed by atoms with van der Waals surface area (Å²) in [4.78, 5) is 10.9. The Bertz CT molecular complexity index is 643. The molecule has 0 unspecified atom stereocenters. The molecular formula is C14H21N7. The van der Waals surface area contributed by atoms with Crippen LogP contribution in [-0.2, 0) is 6.54 Å². The van der Waals surface area contributed by atoms with Crippen LogP contribution in [0.3, 0.4) is 0 Å². The summed E-state index contributed by atoms with van der Waals surface area (Å²) in [5.41, 5.74) is 8.68. The van der Waals surface area contributed by atoms with Crippen LogP contribution in [0.25, 0.3) is 11.3 Å². The number of hydrogen-bond acceptors (Lipinski definition) is 6. The zero-order valence-electron chi connectivity index (χ0n) is 12.7. The molecule has 0 bridgehead atoms. The molecule has 0 saturated carbocycles. The van der Waals surface area contributed by atoms with Crippen molar-refractivity contribution in [2.75, 3.05) is 30.8 Å². The lowest BCUT2D eigenvalue weighted by Crippen LogP contribution is -2.57. The van der Waals surface area contributed by atoms with Gasteiger partial charge in [-0.3, -0.25) is 4.68 Å². The van der Waals surface area contributed by atoms with Crippen LogP contribution < -0.4 is 16.0 Å². The molecule has 0 radical (unpaired) electrons. The first-order valence-electron chi connectivity index (χ1n) is 7.22. The SMILES string of the molecule is CCn1cc(-c2cc(N3CC(NC)C3)nc(N)n2)c(C)n1. The van der Waals surface area contributed by atoms with Gasteiger partial charge in [-0.2, -0.15) is 10.1 Å². The second-order valence-corrected chi connectivity index (χ2v) is 5.34. The molecule has 3 heterocycles. The first kappa shape index (κ1) is 13.8. The quantitative estimate of drug-likeness (QED) is 0.859. The van der Waals surface area contributed by atoms with Crippen molar-refractivity contribution in [2.24, 2.45) is 0 Å². The van der Waals surface area contributed by atoms with Gasteiger partial charge >= 0.3 is 0 Å². The van der Waals surface area contributed by atoms with Crippen LogP contribution in [0.4, 0.5) is 11.8 Å². The molecule has 1 saturated heterocycles. The lowest BCUT2D eigenvalue weighted by Gasteiger charge is -2.40. The van der Waals surface area contributed by atoms with Crippen LogP contribution in [0, 0.1) is 6.92 Å². The van der Waals surface area contributed by atoms with Gasteiger partial charge in [-0.1, -0.05) is 0 Å². The summed E-state index contributed by atoms with van der Waals surface area (Å²) in [5.74, 6) is 1.19. The van der Waals surface area contributed by atoms with E-state index in [0.29, 0.717) is 12.0 Å². The van der Waals surface area contributed by atoms with E-state index in [1.807, 2.05) is 30.9 Å². The molecule has 7 nitrogen and oxygen atoms in total. The molecular weight excluding hydrogens is 266 g/mol. The maximum Gasteiger partial charge on any atom is 0.222 e. The summed E-state index contributed by atoms with van der Waals surface area (Å²) >= 11 is 0. The molecule has 2 aromatic rings. The maximum atomic E-state index is 5.88. The third-order valence-corrected chi connectivity index (χ3v) is 3.89. The summed E-state index contributed by atoms with van der Waals surface area (Å²) in [6.45, 7) is 6.78. The van der Waals surface area contributed by atoms with E-state index in [1.165, 1.54) is 0 Å². The number of anilines is 2. The summed E-state index contributed by atoms with van der Waals surface area (Å²) < 4.78 is 1.91. The van der Waals surface area contributed by atoms with Crippen LogP contribution in [0.5, 0.6) is 0 Å². The van der Waals surface area contributed by atoms with Crippen LogP contribution in [-0.4, -0.2) is 45.9 Å². The molecule has 3 N–H and O–H groups in total. The van der Waals surface area contributed by atoms with Gasteiger partial charge in [0.15, 0.2) is 0 Å². The molecule has 0 amide bonds. The first-order valence-corrected chi connectivity index (χ1v) is 7.22. The van der Waals surface area contributed by atoms with Gasteiger partial charge in [0.25, 0.3) is 0 Å². The highest BCUT2D eigenvalue weighted by atomic mass is 15.3. The van der Waals surface area contributed by atoms with E-state index in [4.69, 9.17) is 5.73 Å². The molecule has 1 aliphatic rings. The summed E-state index contributed by atoms with van der Waals surface area (Å²) in [5, 5.41) is 7.71. The second-order valence-electron chi connectivity index (χ2n) is 5.34. The molecule has 3 rings (SSSR count). The number of hydrogen-bond donors (Lipinski definition) is 2. The molecule has 0 aliphatic carbocycles. The number of nitrogens with two attached hydrogens (primary N) is 1. The second kappa shape index (κ2) is 5.33. The van der Waals surface area contributed by atoms with Gasteiger partial charge in [-0.05, 0) is 20.9 Å². The van der Waals surface area contributed by atoms with E-state index in [2.05, 4.69) is 32.2 Å².